The molecule has 0 saturated heterocycles. The van der Waals surface area contributed by atoms with Crippen LogP contribution in [0.3, 0.4) is 0 Å². The third kappa shape index (κ3) is 3.96. The molecule has 0 aliphatic heterocycles. The summed E-state index contributed by atoms with van der Waals surface area (Å²) in [6.45, 7) is 5.15. The quantitative estimate of drug-likeness (QED) is 0.849. The number of aryl methyl sites for hydroxylation is 1. The maximum atomic E-state index is 11.9. The average molecular weight is 326 g/mol. The highest BCUT2D eigenvalue weighted by atomic mass is 35.5. The van der Waals surface area contributed by atoms with Gasteiger partial charge in [0.1, 0.15) is 11.5 Å². The molecule has 0 fully saturated rings. The van der Waals surface area contributed by atoms with Gasteiger partial charge in [-0.25, -0.2) is 4.79 Å². The topological polar surface area (TPSA) is 68.5 Å². The van der Waals surface area contributed by atoms with E-state index in [1.165, 1.54) is 6.26 Å². The van der Waals surface area contributed by atoms with Gasteiger partial charge in [-0.2, -0.15) is 0 Å². The molecule has 21 heavy (non-hydrogen) atoms. The molecule has 0 aliphatic carbocycles. The van der Waals surface area contributed by atoms with Crippen molar-refractivity contribution in [3.8, 4) is 0 Å². The SMILES string of the molecule is C=C(Cl)COC(=O)c1sc(NC(=O)c2ccco2)cc1C. The second-order valence-electron chi connectivity index (χ2n) is 4.15. The summed E-state index contributed by atoms with van der Waals surface area (Å²) in [5, 5.41) is 3.43. The highest BCUT2D eigenvalue weighted by Gasteiger charge is 2.17. The van der Waals surface area contributed by atoms with Crippen molar-refractivity contribution in [3.63, 3.8) is 0 Å². The van der Waals surface area contributed by atoms with Gasteiger partial charge in [-0.1, -0.05) is 18.2 Å². The summed E-state index contributed by atoms with van der Waals surface area (Å²) in [6, 6.07) is 4.87. The largest absolute Gasteiger partial charge is 0.459 e. The normalized spacial score (nSPS) is 10.2. The molecule has 0 aromatic carbocycles. The van der Waals surface area contributed by atoms with Gasteiger partial charge in [0, 0.05) is 5.03 Å². The number of halogens is 1. The number of thiophene rings is 1. The van der Waals surface area contributed by atoms with Gasteiger partial charge >= 0.3 is 5.97 Å². The number of hydrogen-bond acceptors (Lipinski definition) is 5. The van der Waals surface area contributed by atoms with Crippen LogP contribution in [0, 0.1) is 6.92 Å². The Bertz CT molecular complexity index is 675. The first-order valence-corrected chi connectivity index (χ1v) is 7.12. The van der Waals surface area contributed by atoms with E-state index in [4.69, 9.17) is 20.8 Å². The molecule has 2 aromatic heterocycles. The molecule has 110 valence electrons. The molecule has 0 unspecified atom stereocenters. The molecule has 0 aliphatic rings. The number of rotatable bonds is 5. The number of hydrogen-bond donors (Lipinski definition) is 1. The van der Waals surface area contributed by atoms with E-state index in [1.807, 2.05) is 0 Å². The number of carbonyl (C=O) groups excluding carboxylic acids is 2. The van der Waals surface area contributed by atoms with E-state index in [0.29, 0.717) is 15.4 Å². The van der Waals surface area contributed by atoms with Crippen LogP contribution in [0.5, 0.6) is 0 Å². The van der Waals surface area contributed by atoms with E-state index >= 15 is 0 Å². The van der Waals surface area contributed by atoms with Crippen LogP contribution < -0.4 is 5.32 Å². The van der Waals surface area contributed by atoms with E-state index in [-0.39, 0.29) is 23.3 Å². The molecule has 0 radical (unpaired) electrons. The van der Waals surface area contributed by atoms with Gasteiger partial charge in [-0.05, 0) is 30.7 Å². The first-order valence-electron chi connectivity index (χ1n) is 5.93. The molecular formula is C14H12ClNO4S. The Morgan fingerprint density at radius 1 is 1.52 bits per heavy atom. The second-order valence-corrected chi connectivity index (χ2v) is 5.73. The lowest BCUT2D eigenvalue weighted by Gasteiger charge is -2.01. The Hall–Kier alpha value is -2.05. The highest BCUT2D eigenvalue weighted by molar-refractivity contribution is 7.18. The zero-order valence-corrected chi connectivity index (χ0v) is 12.7. The van der Waals surface area contributed by atoms with E-state index < -0.39 is 5.97 Å². The Kier molecular flexibility index (Phi) is 4.82. The molecule has 2 rings (SSSR count). The molecular weight excluding hydrogens is 314 g/mol. The minimum Gasteiger partial charge on any atom is -0.459 e. The molecule has 7 heteroatoms. The summed E-state index contributed by atoms with van der Waals surface area (Å²) in [6.07, 6.45) is 1.41. The second kappa shape index (κ2) is 6.60. The van der Waals surface area contributed by atoms with E-state index in [0.717, 1.165) is 11.3 Å². The Morgan fingerprint density at radius 2 is 2.29 bits per heavy atom. The van der Waals surface area contributed by atoms with Gasteiger partial charge in [0.15, 0.2) is 5.76 Å². The molecule has 0 atom stereocenters. The maximum Gasteiger partial charge on any atom is 0.349 e. The molecule has 1 N–H and O–H groups in total. The summed E-state index contributed by atoms with van der Waals surface area (Å²) in [5.41, 5.74) is 0.708. The van der Waals surface area contributed by atoms with Crippen molar-refractivity contribution >= 4 is 39.8 Å². The van der Waals surface area contributed by atoms with Gasteiger partial charge in [0.05, 0.1) is 11.3 Å². The number of anilines is 1. The van der Waals surface area contributed by atoms with Gasteiger partial charge in [-0.3, -0.25) is 4.79 Å². The van der Waals surface area contributed by atoms with Crippen molar-refractivity contribution in [3.05, 3.63) is 52.3 Å². The van der Waals surface area contributed by atoms with Gasteiger partial charge in [-0.15, -0.1) is 11.3 Å². The van der Waals surface area contributed by atoms with Crippen LogP contribution in [0.2, 0.25) is 0 Å². The van der Waals surface area contributed by atoms with Crippen LogP contribution in [0.15, 0.2) is 40.5 Å². The van der Waals surface area contributed by atoms with Crippen LogP contribution in [0.25, 0.3) is 0 Å². The summed E-state index contributed by atoms with van der Waals surface area (Å²) in [5.74, 6) is -0.684. The number of furan rings is 1. The monoisotopic (exact) mass is 325 g/mol. The number of nitrogens with one attached hydrogen (secondary N) is 1. The lowest BCUT2D eigenvalue weighted by atomic mass is 10.3. The minimum absolute atomic E-state index is 0.0498. The van der Waals surface area contributed by atoms with E-state index in [9.17, 15) is 9.59 Å². The Balaban J connectivity index is 2.06. The van der Waals surface area contributed by atoms with Crippen LogP contribution in [-0.4, -0.2) is 18.5 Å². The molecule has 0 saturated carbocycles. The molecule has 5 nitrogen and oxygen atoms in total. The van der Waals surface area contributed by atoms with Crippen molar-refractivity contribution in [2.45, 2.75) is 6.92 Å². The fraction of sp³-hybridized carbons (Fsp3) is 0.143. The first-order chi connectivity index (χ1) is 9.97. The van der Waals surface area contributed by atoms with Gasteiger partial charge in [0.2, 0.25) is 0 Å². The summed E-state index contributed by atoms with van der Waals surface area (Å²) >= 11 is 6.67. The minimum atomic E-state index is -0.502. The zero-order valence-electron chi connectivity index (χ0n) is 11.1. The summed E-state index contributed by atoms with van der Waals surface area (Å²) in [4.78, 5) is 24.1. The third-order valence-corrected chi connectivity index (χ3v) is 3.69. The maximum absolute atomic E-state index is 11.9. The number of carbonyl (C=O) groups is 2. The molecule has 2 heterocycles. The zero-order chi connectivity index (χ0) is 15.4. The Morgan fingerprint density at radius 3 is 2.90 bits per heavy atom. The lowest BCUT2D eigenvalue weighted by Crippen LogP contribution is -2.09. The van der Waals surface area contributed by atoms with Crippen molar-refractivity contribution < 1.29 is 18.7 Å². The summed E-state index contributed by atoms with van der Waals surface area (Å²) in [7, 11) is 0. The standard InChI is InChI=1S/C14H12ClNO4S/c1-8-6-11(16-13(17)10-4-3-5-19-10)21-12(8)14(18)20-7-9(2)15/h3-6H,2,7H2,1H3,(H,16,17). The van der Waals surface area contributed by atoms with Crippen molar-refractivity contribution in [1.82, 2.24) is 0 Å². The van der Waals surface area contributed by atoms with Gasteiger partial charge in [0.25, 0.3) is 5.91 Å². The first kappa shape index (κ1) is 15.3. The van der Waals surface area contributed by atoms with E-state index in [1.54, 1.807) is 25.1 Å². The summed E-state index contributed by atoms with van der Waals surface area (Å²) < 4.78 is 9.96. The number of amides is 1. The number of ether oxygens (including phenoxy) is 1. The van der Waals surface area contributed by atoms with Crippen LogP contribution in [-0.2, 0) is 4.74 Å². The molecule has 0 spiro atoms. The molecule has 0 bridgehead atoms. The average Bonchev–Trinajstić information content (AvgIpc) is 3.05. The lowest BCUT2D eigenvalue weighted by molar-refractivity contribution is 0.0551. The van der Waals surface area contributed by atoms with Crippen LogP contribution >= 0.6 is 22.9 Å². The smallest absolute Gasteiger partial charge is 0.349 e. The predicted octanol–water partition coefficient (Wildman–Crippen LogP) is 3.81. The van der Waals surface area contributed by atoms with Gasteiger partial charge < -0.3 is 14.5 Å². The van der Waals surface area contributed by atoms with Crippen molar-refractivity contribution in [2.75, 3.05) is 11.9 Å². The number of esters is 1. The predicted molar refractivity (Wildman–Crippen MR) is 81.0 cm³/mol. The van der Waals surface area contributed by atoms with E-state index in [2.05, 4.69) is 11.9 Å². The molecule has 2 aromatic rings. The highest BCUT2D eigenvalue weighted by Crippen LogP contribution is 2.28. The van der Waals surface area contributed by atoms with Crippen molar-refractivity contribution in [2.24, 2.45) is 0 Å². The van der Waals surface area contributed by atoms with Crippen LogP contribution in [0.1, 0.15) is 25.8 Å². The Labute approximate surface area is 130 Å². The molecule has 1 amide bonds. The fourth-order valence-electron chi connectivity index (χ4n) is 1.54. The third-order valence-electron chi connectivity index (χ3n) is 2.44. The van der Waals surface area contributed by atoms with Crippen LogP contribution in [0.4, 0.5) is 5.00 Å². The van der Waals surface area contributed by atoms with Crippen molar-refractivity contribution in [1.29, 1.82) is 0 Å². The fourth-order valence-corrected chi connectivity index (χ4v) is 2.55.